The smallest absolute Gasteiger partial charge is 0.240 e. The van der Waals surface area contributed by atoms with Gasteiger partial charge in [0, 0.05) is 43.2 Å². The lowest BCUT2D eigenvalue weighted by molar-refractivity contribution is -0.123. The number of carbonyl (C=O) groups excluding carboxylic acids is 2. The van der Waals surface area contributed by atoms with Crippen LogP contribution in [0.5, 0.6) is 0 Å². The van der Waals surface area contributed by atoms with Gasteiger partial charge in [-0.2, -0.15) is 0 Å². The molecule has 2 radical (unpaired) electrons. The van der Waals surface area contributed by atoms with Crippen LogP contribution in [-0.4, -0.2) is 50.5 Å². The Morgan fingerprint density at radius 1 is 1.29 bits per heavy atom. The normalized spacial score (nSPS) is 16.1. The highest BCUT2D eigenvalue weighted by molar-refractivity contribution is 6.30. The second-order valence-electron chi connectivity index (χ2n) is 6.81. The summed E-state index contributed by atoms with van der Waals surface area (Å²) >= 11 is 6.04. The van der Waals surface area contributed by atoms with Crippen LogP contribution in [0.3, 0.4) is 0 Å². The van der Waals surface area contributed by atoms with Gasteiger partial charge in [0.05, 0.1) is 6.54 Å². The first-order chi connectivity index (χ1) is 13.6. The molecule has 28 heavy (non-hydrogen) atoms. The van der Waals surface area contributed by atoms with Crippen LogP contribution in [0.25, 0.3) is 0 Å². The molecule has 0 saturated carbocycles. The predicted molar refractivity (Wildman–Crippen MR) is 111 cm³/mol. The molecule has 0 atom stereocenters. The van der Waals surface area contributed by atoms with Crippen molar-refractivity contribution >= 4 is 35.1 Å². The molecule has 2 aliphatic heterocycles. The number of hydrogen-bond donors (Lipinski definition) is 3. The van der Waals surface area contributed by atoms with Crippen molar-refractivity contribution < 1.29 is 9.59 Å². The van der Waals surface area contributed by atoms with Gasteiger partial charge in [0.1, 0.15) is 6.54 Å². The number of unbranched alkanes of at least 4 members (excludes halogenated alkanes) is 2. The maximum Gasteiger partial charge on any atom is 0.240 e. The monoisotopic (exact) mass is 403 g/mol. The Kier molecular flexibility index (Phi) is 7.54. The van der Waals surface area contributed by atoms with Crippen LogP contribution < -0.4 is 20.9 Å². The number of carbonyl (C=O) groups is 2. The van der Waals surface area contributed by atoms with Crippen molar-refractivity contribution in [3.05, 3.63) is 35.2 Å². The Morgan fingerprint density at radius 2 is 2.14 bits per heavy atom. The SMILES string of the molecule is O=C(CN1C(=O)CC[C]c2cc(Cl)ccc21)NCCCCCNC1=NCCN1. The lowest BCUT2D eigenvalue weighted by Gasteiger charge is -2.22. The minimum absolute atomic E-state index is 0.0161. The van der Waals surface area contributed by atoms with E-state index in [4.69, 9.17) is 11.6 Å². The molecule has 1 aromatic rings. The fraction of sp³-hybridized carbons (Fsp3) is 0.500. The number of aliphatic imine (C=N–C) groups is 1. The molecule has 1 aromatic carbocycles. The fourth-order valence-corrected chi connectivity index (χ4v) is 3.38. The summed E-state index contributed by atoms with van der Waals surface area (Å²) in [5.41, 5.74) is 1.47. The zero-order valence-electron chi connectivity index (χ0n) is 15.9. The first-order valence-electron chi connectivity index (χ1n) is 9.76. The number of amides is 2. The van der Waals surface area contributed by atoms with Gasteiger partial charge >= 0.3 is 0 Å². The van der Waals surface area contributed by atoms with Crippen LogP contribution in [0.1, 0.15) is 37.7 Å². The van der Waals surface area contributed by atoms with Crippen LogP contribution in [0, 0.1) is 6.42 Å². The van der Waals surface area contributed by atoms with Crippen molar-refractivity contribution in [1.82, 2.24) is 16.0 Å². The second-order valence-corrected chi connectivity index (χ2v) is 7.25. The highest BCUT2D eigenvalue weighted by Gasteiger charge is 2.24. The summed E-state index contributed by atoms with van der Waals surface area (Å²) < 4.78 is 0. The number of guanidine groups is 1. The summed E-state index contributed by atoms with van der Waals surface area (Å²) in [6, 6.07) is 5.28. The topological polar surface area (TPSA) is 85.8 Å². The molecule has 2 amide bonds. The first kappa shape index (κ1) is 20.5. The van der Waals surface area contributed by atoms with E-state index in [9.17, 15) is 9.59 Å². The number of anilines is 1. The van der Waals surface area contributed by atoms with Crippen molar-refractivity contribution in [3.63, 3.8) is 0 Å². The Balaban J connectivity index is 1.38. The molecule has 7 nitrogen and oxygen atoms in total. The second kappa shape index (κ2) is 10.3. The minimum Gasteiger partial charge on any atom is -0.356 e. The molecule has 0 aromatic heterocycles. The maximum atomic E-state index is 12.4. The Morgan fingerprint density at radius 3 is 2.96 bits per heavy atom. The average Bonchev–Trinajstić information content (AvgIpc) is 3.14. The van der Waals surface area contributed by atoms with E-state index in [2.05, 4.69) is 27.4 Å². The Bertz CT molecular complexity index is 737. The van der Waals surface area contributed by atoms with Gasteiger partial charge in [-0.25, -0.2) is 0 Å². The molecule has 0 bridgehead atoms. The molecule has 8 heteroatoms. The standard InChI is InChI=1S/C20H26ClN5O2/c21-16-7-8-17-15(13-16)5-4-6-19(28)26(17)14-18(27)22-9-2-1-3-10-23-20-24-11-12-25-20/h7-8,13H,1-4,6,9-12,14H2,(H,22,27)(H2,23,24,25). The number of nitrogens with one attached hydrogen (secondary N) is 3. The molecule has 150 valence electrons. The molecule has 3 rings (SSSR count). The van der Waals surface area contributed by atoms with Crippen LogP contribution >= 0.6 is 11.6 Å². The van der Waals surface area contributed by atoms with Gasteiger partial charge in [-0.05, 0) is 49.4 Å². The molecule has 3 N–H and O–H groups in total. The average molecular weight is 404 g/mol. The lowest BCUT2D eigenvalue weighted by atomic mass is 10.1. The highest BCUT2D eigenvalue weighted by Crippen LogP contribution is 2.30. The number of benzene rings is 1. The van der Waals surface area contributed by atoms with E-state index in [-0.39, 0.29) is 18.4 Å². The van der Waals surface area contributed by atoms with E-state index in [0.29, 0.717) is 30.1 Å². The van der Waals surface area contributed by atoms with Crippen molar-refractivity contribution in [2.75, 3.05) is 37.6 Å². The maximum absolute atomic E-state index is 12.4. The third-order valence-electron chi connectivity index (χ3n) is 4.65. The zero-order chi connectivity index (χ0) is 19.8. The van der Waals surface area contributed by atoms with E-state index >= 15 is 0 Å². The number of nitrogens with zero attached hydrogens (tertiary/aromatic N) is 2. The van der Waals surface area contributed by atoms with Crippen LogP contribution in [-0.2, 0) is 9.59 Å². The number of rotatable bonds is 8. The third-order valence-corrected chi connectivity index (χ3v) is 4.88. The molecular weight excluding hydrogens is 378 g/mol. The number of halogens is 1. The first-order valence-corrected chi connectivity index (χ1v) is 10.1. The molecule has 0 fully saturated rings. The van der Waals surface area contributed by atoms with Crippen LogP contribution in [0.2, 0.25) is 5.02 Å². The van der Waals surface area contributed by atoms with Gasteiger partial charge < -0.3 is 20.9 Å². The minimum atomic E-state index is -0.154. The number of hydrogen-bond acceptors (Lipinski definition) is 5. The van der Waals surface area contributed by atoms with E-state index in [1.165, 1.54) is 4.90 Å². The van der Waals surface area contributed by atoms with E-state index in [1.54, 1.807) is 18.2 Å². The van der Waals surface area contributed by atoms with Crippen molar-refractivity contribution in [3.8, 4) is 0 Å². The van der Waals surface area contributed by atoms with Crippen LogP contribution in [0.4, 0.5) is 5.69 Å². The summed E-state index contributed by atoms with van der Waals surface area (Å²) in [5.74, 6) is 0.656. The van der Waals surface area contributed by atoms with Gasteiger partial charge in [0.25, 0.3) is 0 Å². The Labute approximate surface area is 170 Å². The molecule has 0 spiro atoms. The third kappa shape index (κ3) is 5.86. The Hall–Kier alpha value is -2.28. The predicted octanol–water partition coefficient (Wildman–Crippen LogP) is 1.73. The van der Waals surface area contributed by atoms with Gasteiger partial charge in [0.2, 0.25) is 11.8 Å². The molecule has 2 aliphatic rings. The van der Waals surface area contributed by atoms with E-state index in [0.717, 1.165) is 50.4 Å². The quantitative estimate of drug-likeness (QED) is 0.577. The lowest BCUT2D eigenvalue weighted by Crippen LogP contribution is -2.41. The molecule has 0 unspecified atom stereocenters. The molecule has 2 heterocycles. The summed E-state index contributed by atoms with van der Waals surface area (Å²) in [4.78, 5) is 30.5. The largest absolute Gasteiger partial charge is 0.356 e. The van der Waals surface area contributed by atoms with Gasteiger partial charge in [-0.15, -0.1) is 0 Å². The van der Waals surface area contributed by atoms with Crippen LogP contribution in [0.15, 0.2) is 23.2 Å². The van der Waals surface area contributed by atoms with E-state index < -0.39 is 0 Å². The van der Waals surface area contributed by atoms with Gasteiger partial charge in [-0.3, -0.25) is 14.6 Å². The fourth-order valence-electron chi connectivity index (χ4n) is 3.21. The highest BCUT2D eigenvalue weighted by atomic mass is 35.5. The van der Waals surface area contributed by atoms with Gasteiger partial charge in [-0.1, -0.05) is 11.6 Å². The van der Waals surface area contributed by atoms with Gasteiger partial charge in [0.15, 0.2) is 5.96 Å². The summed E-state index contributed by atoms with van der Waals surface area (Å²) in [6.07, 6.45) is 6.98. The van der Waals surface area contributed by atoms with Crippen molar-refractivity contribution in [1.29, 1.82) is 0 Å². The van der Waals surface area contributed by atoms with E-state index in [1.807, 2.05) is 0 Å². The molecule has 0 aliphatic carbocycles. The van der Waals surface area contributed by atoms with Crippen molar-refractivity contribution in [2.24, 2.45) is 4.99 Å². The summed E-state index contributed by atoms with van der Waals surface area (Å²) in [7, 11) is 0. The summed E-state index contributed by atoms with van der Waals surface area (Å²) in [6.45, 7) is 3.23. The zero-order valence-corrected chi connectivity index (χ0v) is 16.6. The van der Waals surface area contributed by atoms with Crippen molar-refractivity contribution in [2.45, 2.75) is 32.1 Å². The molecular formula is C20H26ClN5O2. The summed E-state index contributed by atoms with van der Waals surface area (Å²) in [5, 5.41) is 9.92. The number of fused-ring (bicyclic) bond motifs is 1. The molecule has 0 saturated heterocycles.